The van der Waals surface area contributed by atoms with Gasteiger partial charge in [0.25, 0.3) is 0 Å². The molecule has 3 heterocycles. The number of nitrogens with one attached hydrogen (secondary N) is 1. The highest BCUT2D eigenvalue weighted by Gasteiger charge is 2.15. The van der Waals surface area contributed by atoms with Crippen LogP contribution in [0.25, 0.3) is 17.0 Å². The number of benzene rings is 1. The minimum atomic E-state index is -0.158. The molecule has 25 heavy (non-hydrogen) atoms. The maximum atomic E-state index is 9.67. The van der Waals surface area contributed by atoms with E-state index in [1.54, 1.807) is 12.4 Å². The molecule has 0 aliphatic rings. The van der Waals surface area contributed by atoms with Gasteiger partial charge in [0.2, 0.25) is 0 Å². The van der Waals surface area contributed by atoms with Crippen LogP contribution in [0, 0.1) is 6.92 Å². The largest absolute Gasteiger partial charge is 0.390 e. The van der Waals surface area contributed by atoms with Crippen LogP contribution in [0.3, 0.4) is 0 Å². The van der Waals surface area contributed by atoms with Crippen molar-refractivity contribution in [3.8, 4) is 11.4 Å². The normalized spacial score (nSPS) is 11.0. The standard InChI is InChI=1S/C19H17N5O/c1-13-5-7-14(8-6-13)21-17-11-20-10-15(22-17)19-16(12-25)23-18-4-2-3-9-24(18)19/h2-11,25H,12H2,1H3,(H,21,22). The number of anilines is 2. The van der Waals surface area contributed by atoms with Gasteiger partial charge in [0.1, 0.15) is 17.2 Å². The van der Waals surface area contributed by atoms with Crippen LogP contribution in [0.15, 0.2) is 61.1 Å². The number of hydrogen-bond acceptors (Lipinski definition) is 5. The van der Waals surface area contributed by atoms with Crippen molar-refractivity contribution in [1.82, 2.24) is 19.4 Å². The second-order valence-corrected chi connectivity index (χ2v) is 5.77. The summed E-state index contributed by atoms with van der Waals surface area (Å²) in [4.78, 5) is 13.4. The van der Waals surface area contributed by atoms with Gasteiger partial charge in [-0.05, 0) is 31.2 Å². The summed E-state index contributed by atoms with van der Waals surface area (Å²) in [6.07, 6.45) is 5.25. The minimum Gasteiger partial charge on any atom is -0.390 e. The average Bonchev–Trinajstić information content (AvgIpc) is 3.02. The molecule has 0 spiro atoms. The van der Waals surface area contributed by atoms with Gasteiger partial charge in [-0.3, -0.25) is 9.38 Å². The molecular weight excluding hydrogens is 314 g/mol. The van der Waals surface area contributed by atoms with Crippen LogP contribution in [0.1, 0.15) is 11.3 Å². The number of rotatable bonds is 4. The zero-order valence-electron chi connectivity index (χ0n) is 13.7. The van der Waals surface area contributed by atoms with E-state index >= 15 is 0 Å². The van der Waals surface area contributed by atoms with Gasteiger partial charge in [0.15, 0.2) is 0 Å². The summed E-state index contributed by atoms with van der Waals surface area (Å²) in [6.45, 7) is 1.89. The molecule has 0 bridgehead atoms. The first-order chi connectivity index (χ1) is 12.2. The van der Waals surface area contributed by atoms with Gasteiger partial charge in [-0.15, -0.1) is 0 Å². The summed E-state index contributed by atoms with van der Waals surface area (Å²) >= 11 is 0. The van der Waals surface area contributed by atoms with Gasteiger partial charge in [-0.2, -0.15) is 0 Å². The van der Waals surface area contributed by atoms with Crippen molar-refractivity contribution in [3.63, 3.8) is 0 Å². The van der Waals surface area contributed by atoms with Crippen LogP contribution in [0.2, 0.25) is 0 Å². The highest BCUT2D eigenvalue weighted by atomic mass is 16.3. The Morgan fingerprint density at radius 1 is 1.04 bits per heavy atom. The van der Waals surface area contributed by atoms with Crippen molar-refractivity contribution < 1.29 is 5.11 Å². The van der Waals surface area contributed by atoms with Gasteiger partial charge in [0, 0.05) is 11.9 Å². The molecule has 6 nitrogen and oxygen atoms in total. The molecule has 3 aromatic heterocycles. The Labute approximate surface area is 144 Å². The van der Waals surface area contributed by atoms with Crippen LogP contribution >= 0.6 is 0 Å². The van der Waals surface area contributed by atoms with Crippen molar-refractivity contribution in [3.05, 3.63) is 72.3 Å². The highest BCUT2D eigenvalue weighted by molar-refractivity contribution is 5.66. The Bertz CT molecular complexity index is 1020. The predicted octanol–water partition coefficient (Wildman–Crippen LogP) is 3.34. The molecule has 0 saturated heterocycles. The van der Waals surface area contributed by atoms with E-state index in [1.807, 2.05) is 60.0 Å². The average molecular weight is 331 g/mol. The number of aliphatic hydroxyl groups excluding tert-OH is 1. The van der Waals surface area contributed by atoms with Gasteiger partial charge >= 0.3 is 0 Å². The third-order valence-electron chi connectivity index (χ3n) is 3.95. The lowest BCUT2D eigenvalue weighted by atomic mass is 10.2. The number of pyridine rings is 1. The van der Waals surface area contributed by atoms with E-state index in [9.17, 15) is 5.11 Å². The maximum absolute atomic E-state index is 9.67. The first-order valence-electron chi connectivity index (χ1n) is 7.97. The Hall–Kier alpha value is -3.25. The Morgan fingerprint density at radius 2 is 1.88 bits per heavy atom. The lowest BCUT2D eigenvalue weighted by Gasteiger charge is -2.08. The summed E-state index contributed by atoms with van der Waals surface area (Å²) < 4.78 is 1.91. The molecule has 0 radical (unpaired) electrons. The lowest BCUT2D eigenvalue weighted by molar-refractivity contribution is 0.278. The van der Waals surface area contributed by atoms with E-state index < -0.39 is 0 Å². The Kier molecular flexibility index (Phi) is 3.87. The molecule has 0 aliphatic carbocycles. The number of hydrogen-bond donors (Lipinski definition) is 2. The Balaban J connectivity index is 1.76. The zero-order chi connectivity index (χ0) is 17.2. The summed E-state index contributed by atoms with van der Waals surface area (Å²) in [5.41, 5.74) is 4.88. The first kappa shape index (κ1) is 15.3. The fourth-order valence-electron chi connectivity index (χ4n) is 2.75. The van der Waals surface area contributed by atoms with Gasteiger partial charge < -0.3 is 10.4 Å². The molecule has 6 heteroatoms. The maximum Gasteiger partial charge on any atom is 0.149 e. The quantitative estimate of drug-likeness (QED) is 0.600. The second kappa shape index (κ2) is 6.33. The molecule has 124 valence electrons. The van der Waals surface area contributed by atoms with Crippen LogP contribution in [0.5, 0.6) is 0 Å². The minimum absolute atomic E-state index is 0.158. The van der Waals surface area contributed by atoms with Crippen molar-refractivity contribution in [2.24, 2.45) is 0 Å². The molecule has 0 atom stereocenters. The molecular formula is C19H17N5O. The fraction of sp³-hybridized carbons (Fsp3) is 0.105. The predicted molar refractivity (Wildman–Crippen MR) is 96.6 cm³/mol. The highest BCUT2D eigenvalue weighted by Crippen LogP contribution is 2.25. The number of nitrogens with zero attached hydrogens (tertiary/aromatic N) is 4. The van der Waals surface area contributed by atoms with Crippen LogP contribution in [0.4, 0.5) is 11.5 Å². The van der Waals surface area contributed by atoms with Gasteiger partial charge in [0.05, 0.1) is 30.4 Å². The van der Waals surface area contributed by atoms with Crippen LogP contribution in [-0.4, -0.2) is 24.5 Å². The first-order valence-corrected chi connectivity index (χ1v) is 7.97. The molecule has 4 rings (SSSR count). The molecule has 2 N–H and O–H groups in total. The SMILES string of the molecule is Cc1ccc(Nc2cncc(-c3c(CO)nc4ccccn34)n2)cc1. The van der Waals surface area contributed by atoms with Gasteiger partial charge in [-0.25, -0.2) is 9.97 Å². The van der Waals surface area contributed by atoms with Crippen molar-refractivity contribution in [2.45, 2.75) is 13.5 Å². The summed E-state index contributed by atoms with van der Waals surface area (Å²) in [5.74, 6) is 0.635. The second-order valence-electron chi connectivity index (χ2n) is 5.77. The third-order valence-corrected chi connectivity index (χ3v) is 3.95. The zero-order valence-corrected chi connectivity index (χ0v) is 13.7. The van der Waals surface area contributed by atoms with Crippen molar-refractivity contribution in [2.75, 3.05) is 5.32 Å². The molecule has 1 aromatic carbocycles. The number of aliphatic hydroxyl groups is 1. The van der Waals surface area contributed by atoms with Crippen molar-refractivity contribution >= 4 is 17.2 Å². The number of imidazole rings is 1. The smallest absolute Gasteiger partial charge is 0.149 e. The third kappa shape index (κ3) is 2.95. The monoisotopic (exact) mass is 331 g/mol. The fourth-order valence-corrected chi connectivity index (χ4v) is 2.75. The topological polar surface area (TPSA) is 75.3 Å². The number of aryl methyl sites for hydroxylation is 1. The van der Waals surface area contributed by atoms with Crippen LogP contribution < -0.4 is 5.32 Å². The summed E-state index contributed by atoms with van der Waals surface area (Å²) in [5, 5.41) is 12.9. The van der Waals surface area contributed by atoms with E-state index in [4.69, 9.17) is 0 Å². The van der Waals surface area contributed by atoms with E-state index in [0.29, 0.717) is 17.2 Å². The molecule has 4 aromatic rings. The van der Waals surface area contributed by atoms with E-state index in [-0.39, 0.29) is 6.61 Å². The molecule has 0 amide bonds. The summed E-state index contributed by atoms with van der Waals surface area (Å²) in [7, 11) is 0. The van der Waals surface area contributed by atoms with Gasteiger partial charge in [-0.1, -0.05) is 23.8 Å². The van der Waals surface area contributed by atoms with Crippen LogP contribution in [-0.2, 0) is 6.61 Å². The Morgan fingerprint density at radius 3 is 2.68 bits per heavy atom. The molecule has 0 aliphatic heterocycles. The van der Waals surface area contributed by atoms with E-state index in [1.165, 1.54) is 5.56 Å². The van der Waals surface area contributed by atoms with Crippen molar-refractivity contribution in [1.29, 1.82) is 0 Å². The lowest BCUT2D eigenvalue weighted by Crippen LogP contribution is -1.99. The molecule has 0 unspecified atom stereocenters. The number of aromatic nitrogens is 4. The number of fused-ring (bicyclic) bond motifs is 1. The van der Waals surface area contributed by atoms with E-state index in [0.717, 1.165) is 17.0 Å². The molecule has 0 saturated carbocycles. The summed E-state index contributed by atoms with van der Waals surface area (Å²) in [6, 6.07) is 13.8. The van der Waals surface area contributed by atoms with E-state index in [2.05, 4.69) is 20.3 Å². The molecule has 0 fully saturated rings.